The Kier molecular flexibility index (Phi) is 3.65. The monoisotopic (exact) mass is 265 g/mol. The maximum atomic E-state index is 12.1. The molecule has 5 heteroatoms. The van der Waals surface area contributed by atoms with E-state index in [0.717, 1.165) is 5.39 Å². The zero-order valence-electron chi connectivity index (χ0n) is 10.00. The van der Waals surface area contributed by atoms with Crippen LogP contribution in [0.15, 0.2) is 47.4 Å². The second-order valence-corrected chi connectivity index (χ2v) is 5.91. The van der Waals surface area contributed by atoms with Crippen molar-refractivity contribution in [2.45, 2.75) is 17.9 Å². The van der Waals surface area contributed by atoms with Gasteiger partial charge in [-0.2, -0.15) is 0 Å². The molecule has 2 aromatic rings. The van der Waals surface area contributed by atoms with Crippen LogP contribution in [-0.2, 0) is 10.0 Å². The Balaban J connectivity index is 2.47. The molecular formula is C13H15NO3S. The van der Waals surface area contributed by atoms with E-state index >= 15 is 0 Å². The Labute approximate surface area is 106 Å². The number of aliphatic hydroxyl groups is 1. The number of sulfonamides is 1. The maximum absolute atomic E-state index is 12.1. The number of hydrogen-bond donors (Lipinski definition) is 2. The van der Waals surface area contributed by atoms with Gasteiger partial charge in [0.1, 0.15) is 0 Å². The fourth-order valence-electron chi connectivity index (χ4n) is 1.74. The van der Waals surface area contributed by atoms with Gasteiger partial charge >= 0.3 is 0 Å². The molecule has 1 unspecified atom stereocenters. The van der Waals surface area contributed by atoms with Crippen LogP contribution in [0, 0.1) is 0 Å². The molecule has 0 aromatic heterocycles. The number of aliphatic hydroxyl groups excluding tert-OH is 1. The molecule has 0 aliphatic rings. The van der Waals surface area contributed by atoms with Gasteiger partial charge in [-0.3, -0.25) is 0 Å². The average Bonchev–Trinajstić information content (AvgIpc) is 2.36. The van der Waals surface area contributed by atoms with Gasteiger partial charge in [0.15, 0.2) is 0 Å². The molecule has 0 radical (unpaired) electrons. The van der Waals surface area contributed by atoms with Gasteiger partial charge in [0.05, 0.1) is 11.0 Å². The normalized spacial score (nSPS) is 13.7. The Morgan fingerprint density at radius 3 is 2.56 bits per heavy atom. The molecule has 0 fully saturated rings. The topological polar surface area (TPSA) is 66.4 Å². The first kappa shape index (κ1) is 13.0. The van der Waals surface area contributed by atoms with Crippen molar-refractivity contribution in [3.8, 4) is 0 Å². The van der Waals surface area contributed by atoms with Crippen molar-refractivity contribution in [1.82, 2.24) is 4.72 Å². The molecule has 0 spiro atoms. The van der Waals surface area contributed by atoms with Gasteiger partial charge in [0.25, 0.3) is 0 Å². The van der Waals surface area contributed by atoms with E-state index in [0.29, 0.717) is 5.39 Å². The minimum atomic E-state index is -3.59. The SMILES string of the molecule is CC(O)CNS(=O)(=O)c1cccc2ccccc12. The Bertz CT molecular complexity index is 645. The van der Waals surface area contributed by atoms with Crippen molar-refractivity contribution >= 4 is 20.8 Å². The van der Waals surface area contributed by atoms with Gasteiger partial charge in [0, 0.05) is 11.9 Å². The summed E-state index contributed by atoms with van der Waals surface area (Å²) in [5.74, 6) is 0. The van der Waals surface area contributed by atoms with E-state index in [2.05, 4.69) is 4.72 Å². The highest BCUT2D eigenvalue weighted by molar-refractivity contribution is 7.89. The van der Waals surface area contributed by atoms with Crippen molar-refractivity contribution in [2.75, 3.05) is 6.54 Å². The molecule has 0 bridgehead atoms. The van der Waals surface area contributed by atoms with E-state index in [1.165, 1.54) is 6.92 Å². The fourth-order valence-corrected chi connectivity index (χ4v) is 3.09. The lowest BCUT2D eigenvalue weighted by Gasteiger charge is -2.10. The third kappa shape index (κ3) is 2.69. The molecule has 0 heterocycles. The number of hydrogen-bond acceptors (Lipinski definition) is 3. The summed E-state index contributed by atoms with van der Waals surface area (Å²) >= 11 is 0. The molecule has 96 valence electrons. The predicted octanol–water partition coefficient (Wildman–Crippen LogP) is 1.50. The van der Waals surface area contributed by atoms with Crippen LogP contribution in [-0.4, -0.2) is 26.2 Å². The lowest BCUT2D eigenvalue weighted by molar-refractivity contribution is 0.198. The first-order chi connectivity index (χ1) is 8.50. The molecule has 1 atom stereocenters. The molecule has 0 aliphatic carbocycles. The summed E-state index contributed by atoms with van der Waals surface area (Å²) in [6.07, 6.45) is -0.713. The third-order valence-electron chi connectivity index (χ3n) is 2.61. The molecule has 0 saturated carbocycles. The molecule has 0 aliphatic heterocycles. The minimum absolute atomic E-state index is 0.00551. The van der Waals surface area contributed by atoms with E-state index in [1.54, 1.807) is 24.3 Å². The van der Waals surface area contributed by atoms with Crippen LogP contribution in [0.1, 0.15) is 6.92 Å². The van der Waals surface area contributed by atoms with E-state index < -0.39 is 16.1 Å². The van der Waals surface area contributed by atoms with E-state index in [1.807, 2.05) is 18.2 Å². The highest BCUT2D eigenvalue weighted by Gasteiger charge is 2.17. The first-order valence-corrected chi connectivity index (χ1v) is 7.14. The summed E-state index contributed by atoms with van der Waals surface area (Å²) in [6.45, 7) is 1.54. The highest BCUT2D eigenvalue weighted by atomic mass is 32.2. The smallest absolute Gasteiger partial charge is 0.241 e. The van der Waals surface area contributed by atoms with Crippen molar-refractivity contribution in [3.05, 3.63) is 42.5 Å². The number of fused-ring (bicyclic) bond motifs is 1. The second kappa shape index (κ2) is 5.06. The fraction of sp³-hybridized carbons (Fsp3) is 0.231. The van der Waals surface area contributed by atoms with Gasteiger partial charge in [0.2, 0.25) is 10.0 Å². The summed E-state index contributed by atoms with van der Waals surface area (Å²) < 4.78 is 26.6. The molecule has 2 N–H and O–H groups in total. The Hall–Kier alpha value is -1.43. The first-order valence-electron chi connectivity index (χ1n) is 5.66. The standard InChI is InChI=1S/C13H15NO3S/c1-10(15)9-14-18(16,17)13-8-4-6-11-5-2-3-7-12(11)13/h2-8,10,14-15H,9H2,1H3. The quantitative estimate of drug-likeness (QED) is 0.880. The number of benzene rings is 2. The van der Waals surface area contributed by atoms with Gasteiger partial charge in [-0.15, -0.1) is 0 Å². The Morgan fingerprint density at radius 1 is 1.17 bits per heavy atom. The summed E-state index contributed by atoms with van der Waals surface area (Å²) in [5, 5.41) is 10.7. The summed E-state index contributed by atoms with van der Waals surface area (Å²) in [4.78, 5) is 0.237. The lowest BCUT2D eigenvalue weighted by Crippen LogP contribution is -2.30. The average molecular weight is 265 g/mol. The van der Waals surface area contributed by atoms with Crippen molar-refractivity contribution in [1.29, 1.82) is 0 Å². The van der Waals surface area contributed by atoms with Gasteiger partial charge in [-0.05, 0) is 18.4 Å². The van der Waals surface area contributed by atoms with Crippen LogP contribution < -0.4 is 4.72 Å². The molecule has 2 rings (SSSR count). The number of nitrogens with one attached hydrogen (secondary N) is 1. The van der Waals surface area contributed by atoms with Crippen molar-refractivity contribution < 1.29 is 13.5 Å². The summed E-state index contributed by atoms with van der Waals surface area (Å²) in [5.41, 5.74) is 0. The predicted molar refractivity (Wildman–Crippen MR) is 70.8 cm³/mol. The van der Waals surface area contributed by atoms with Crippen LogP contribution in [0.2, 0.25) is 0 Å². The highest BCUT2D eigenvalue weighted by Crippen LogP contribution is 2.22. The lowest BCUT2D eigenvalue weighted by atomic mass is 10.1. The molecule has 2 aromatic carbocycles. The van der Waals surface area contributed by atoms with E-state index in [4.69, 9.17) is 5.11 Å². The Morgan fingerprint density at radius 2 is 1.83 bits per heavy atom. The van der Waals surface area contributed by atoms with Crippen LogP contribution in [0.5, 0.6) is 0 Å². The molecule has 0 saturated heterocycles. The maximum Gasteiger partial charge on any atom is 0.241 e. The molecule has 4 nitrogen and oxygen atoms in total. The van der Waals surface area contributed by atoms with Gasteiger partial charge < -0.3 is 5.11 Å². The van der Waals surface area contributed by atoms with Crippen LogP contribution in [0.25, 0.3) is 10.8 Å². The summed E-state index contributed by atoms with van der Waals surface area (Å²) in [7, 11) is -3.59. The van der Waals surface area contributed by atoms with Crippen molar-refractivity contribution in [2.24, 2.45) is 0 Å². The van der Waals surface area contributed by atoms with E-state index in [9.17, 15) is 8.42 Å². The summed E-state index contributed by atoms with van der Waals surface area (Å²) in [6, 6.07) is 12.4. The van der Waals surface area contributed by atoms with Crippen LogP contribution >= 0.6 is 0 Å². The van der Waals surface area contributed by atoms with Crippen LogP contribution in [0.4, 0.5) is 0 Å². The minimum Gasteiger partial charge on any atom is -0.392 e. The van der Waals surface area contributed by atoms with E-state index in [-0.39, 0.29) is 11.4 Å². The number of rotatable bonds is 4. The second-order valence-electron chi connectivity index (χ2n) is 4.18. The largest absolute Gasteiger partial charge is 0.392 e. The molecule has 0 amide bonds. The van der Waals surface area contributed by atoms with Gasteiger partial charge in [-0.1, -0.05) is 36.4 Å². The van der Waals surface area contributed by atoms with Crippen LogP contribution in [0.3, 0.4) is 0 Å². The molecule has 18 heavy (non-hydrogen) atoms. The zero-order valence-corrected chi connectivity index (χ0v) is 10.8. The van der Waals surface area contributed by atoms with Gasteiger partial charge in [-0.25, -0.2) is 13.1 Å². The van der Waals surface area contributed by atoms with Crippen molar-refractivity contribution in [3.63, 3.8) is 0 Å². The molecular weight excluding hydrogens is 250 g/mol. The zero-order chi connectivity index (χ0) is 13.2. The third-order valence-corrected chi connectivity index (χ3v) is 4.09.